The van der Waals surface area contributed by atoms with E-state index in [1.165, 1.54) is 16.8 Å². The molecule has 6 nitrogen and oxygen atoms in total. The molecule has 0 unspecified atom stereocenters. The van der Waals surface area contributed by atoms with Gasteiger partial charge < -0.3 is 11.2 Å². The van der Waals surface area contributed by atoms with Crippen LogP contribution >= 0.6 is 35.0 Å². The first kappa shape index (κ1) is 20.4. The highest BCUT2D eigenvalue weighted by Gasteiger charge is 2.16. The van der Waals surface area contributed by atoms with Gasteiger partial charge in [-0.3, -0.25) is 4.79 Å². The summed E-state index contributed by atoms with van der Waals surface area (Å²) in [5.41, 5.74) is 1.50. The second kappa shape index (κ2) is 9.27. The van der Waals surface area contributed by atoms with Crippen molar-refractivity contribution in [3.8, 4) is 11.4 Å². The van der Waals surface area contributed by atoms with Gasteiger partial charge in [0.05, 0.1) is 10.8 Å². The molecule has 3 aromatic rings. The molecule has 146 valence electrons. The van der Waals surface area contributed by atoms with E-state index in [-0.39, 0.29) is 17.5 Å². The fourth-order valence-electron chi connectivity index (χ4n) is 2.41. The largest absolute Gasteiger partial charge is 0.355 e. The third-order valence-corrected chi connectivity index (χ3v) is 5.32. The Kier molecular flexibility index (Phi) is 6.77. The van der Waals surface area contributed by atoms with Crippen molar-refractivity contribution < 1.29 is 9.18 Å². The van der Waals surface area contributed by atoms with Gasteiger partial charge in [-0.15, -0.1) is 10.2 Å². The lowest BCUT2D eigenvalue weighted by Crippen LogP contribution is -2.27. The summed E-state index contributed by atoms with van der Waals surface area (Å²) in [6, 6.07) is 11.1. The van der Waals surface area contributed by atoms with Crippen LogP contribution in [-0.2, 0) is 11.2 Å². The number of aromatic nitrogens is 3. The fourth-order valence-corrected chi connectivity index (χ4v) is 3.47. The molecule has 0 saturated carbocycles. The number of halogens is 3. The van der Waals surface area contributed by atoms with Crippen LogP contribution in [0.15, 0.2) is 47.6 Å². The second-order valence-corrected chi connectivity index (χ2v) is 7.60. The lowest BCUT2D eigenvalue weighted by Gasteiger charge is -2.07. The number of thioether (sulfide) groups is 1. The lowest BCUT2D eigenvalue weighted by atomic mass is 10.1. The minimum atomic E-state index is -0.284. The molecule has 1 aromatic heterocycles. The van der Waals surface area contributed by atoms with Gasteiger partial charge in [-0.05, 0) is 42.3 Å². The number of hydrogen-bond donors (Lipinski definition) is 2. The zero-order chi connectivity index (χ0) is 20.1. The first-order chi connectivity index (χ1) is 13.4. The smallest absolute Gasteiger partial charge is 0.230 e. The first-order valence-corrected chi connectivity index (χ1v) is 9.98. The summed E-state index contributed by atoms with van der Waals surface area (Å²) in [5, 5.41) is 12.2. The summed E-state index contributed by atoms with van der Waals surface area (Å²) in [6.07, 6.45) is 0.612. The van der Waals surface area contributed by atoms with E-state index in [0.717, 1.165) is 17.3 Å². The van der Waals surface area contributed by atoms with Crippen molar-refractivity contribution in [2.45, 2.75) is 11.6 Å². The maximum atomic E-state index is 12.9. The molecule has 0 radical (unpaired) electrons. The molecule has 10 heteroatoms. The van der Waals surface area contributed by atoms with Gasteiger partial charge in [-0.1, -0.05) is 47.1 Å². The maximum absolute atomic E-state index is 12.9. The van der Waals surface area contributed by atoms with E-state index in [4.69, 9.17) is 29.0 Å². The van der Waals surface area contributed by atoms with Gasteiger partial charge in [0.15, 0.2) is 5.82 Å². The molecule has 0 atom stereocenters. The van der Waals surface area contributed by atoms with Crippen LogP contribution in [0.3, 0.4) is 0 Å². The molecule has 1 heterocycles. The third-order valence-electron chi connectivity index (χ3n) is 3.82. The molecule has 1 amide bonds. The molecule has 28 heavy (non-hydrogen) atoms. The SMILES string of the molecule is Nn1c(SCC(=O)NCCc2ccc(F)cc2)nnc1-c1cc(Cl)ccc1Cl. The van der Waals surface area contributed by atoms with E-state index in [1.54, 1.807) is 30.3 Å². The van der Waals surface area contributed by atoms with Gasteiger partial charge in [-0.25, -0.2) is 9.07 Å². The van der Waals surface area contributed by atoms with Crippen LogP contribution in [0.2, 0.25) is 10.0 Å². The average molecular weight is 440 g/mol. The van der Waals surface area contributed by atoms with Crippen molar-refractivity contribution in [1.82, 2.24) is 20.2 Å². The number of hydrogen-bond acceptors (Lipinski definition) is 5. The Morgan fingerprint density at radius 2 is 1.93 bits per heavy atom. The normalized spacial score (nSPS) is 10.8. The predicted octanol–water partition coefficient (Wildman–Crippen LogP) is 3.56. The van der Waals surface area contributed by atoms with Crippen molar-refractivity contribution in [2.24, 2.45) is 0 Å². The van der Waals surface area contributed by atoms with E-state index in [9.17, 15) is 9.18 Å². The number of rotatable bonds is 7. The van der Waals surface area contributed by atoms with Crippen LogP contribution in [-0.4, -0.2) is 33.1 Å². The summed E-state index contributed by atoms with van der Waals surface area (Å²) in [7, 11) is 0. The molecule has 0 fully saturated rings. The standard InChI is InChI=1S/C18H16Cl2FN5OS/c19-12-3-6-15(20)14(9-12)17-24-25-18(26(17)22)28-10-16(27)23-8-7-11-1-4-13(21)5-2-11/h1-6,9H,7-8,10,22H2,(H,23,27). The molecule has 2 aromatic carbocycles. The number of nitrogens with zero attached hydrogens (tertiary/aromatic N) is 3. The molecule has 0 bridgehead atoms. The van der Waals surface area contributed by atoms with Crippen LogP contribution in [0.4, 0.5) is 4.39 Å². The molecule has 3 rings (SSSR count). The summed E-state index contributed by atoms with van der Waals surface area (Å²) in [5.74, 6) is 6.06. The number of nitrogen functional groups attached to an aromatic ring is 1. The highest BCUT2D eigenvalue weighted by molar-refractivity contribution is 7.99. The Morgan fingerprint density at radius 3 is 2.68 bits per heavy atom. The zero-order valence-corrected chi connectivity index (χ0v) is 16.9. The maximum Gasteiger partial charge on any atom is 0.230 e. The monoisotopic (exact) mass is 439 g/mol. The van der Waals surface area contributed by atoms with Crippen molar-refractivity contribution in [3.63, 3.8) is 0 Å². The number of carbonyl (C=O) groups is 1. The van der Waals surface area contributed by atoms with Gasteiger partial charge in [0.25, 0.3) is 0 Å². The number of nitrogens with one attached hydrogen (secondary N) is 1. The molecule has 3 N–H and O–H groups in total. The fraction of sp³-hybridized carbons (Fsp3) is 0.167. The first-order valence-electron chi connectivity index (χ1n) is 8.24. The number of nitrogens with two attached hydrogens (primary N) is 1. The van der Waals surface area contributed by atoms with Crippen LogP contribution < -0.4 is 11.2 Å². The number of benzene rings is 2. The highest BCUT2D eigenvalue weighted by atomic mass is 35.5. The van der Waals surface area contributed by atoms with Crippen molar-refractivity contribution >= 4 is 40.9 Å². The molecule has 0 spiro atoms. The van der Waals surface area contributed by atoms with Crippen LogP contribution in [0, 0.1) is 5.82 Å². The summed E-state index contributed by atoms with van der Waals surface area (Å²) in [4.78, 5) is 12.0. The van der Waals surface area contributed by atoms with Crippen molar-refractivity contribution in [1.29, 1.82) is 0 Å². The molecule has 0 saturated heterocycles. The predicted molar refractivity (Wildman–Crippen MR) is 109 cm³/mol. The van der Waals surface area contributed by atoms with E-state index in [1.807, 2.05) is 0 Å². The van der Waals surface area contributed by atoms with E-state index < -0.39 is 0 Å². The van der Waals surface area contributed by atoms with Crippen molar-refractivity contribution in [2.75, 3.05) is 18.1 Å². The minimum Gasteiger partial charge on any atom is -0.355 e. The molecular weight excluding hydrogens is 424 g/mol. The number of carbonyl (C=O) groups excluding carboxylic acids is 1. The number of amides is 1. The topological polar surface area (TPSA) is 85.8 Å². The van der Waals surface area contributed by atoms with Gasteiger partial charge in [0.2, 0.25) is 11.1 Å². The molecule has 0 aliphatic rings. The van der Waals surface area contributed by atoms with E-state index in [0.29, 0.717) is 39.6 Å². The Bertz CT molecular complexity index is 981. The van der Waals surface area contributed by atoms with Gasteiger partial charge in [0, 0.05) is 17.1 Å². The van der Waals surface area contributed by atoms with Crippen LogP contribution in [0.1, 0.15) is 5.56 Å². The van der Waals surface area contributed by atoms with Crippen LogP contribution in [0.5, 0.6) is 0 Å². The van der Waals surface area contributed by atoms with Gasteiger partial charge >= 0.3 is 0 Å². The van der Waals surface area contributed by atoms with Gasteiger partial charge in [0.1, 0.15) is 5.82 Å². The average Bonchev–Trinajstić information content (AvgIpc) is 3.04. The van der Waals surface area contributed by atoms with Gasteiger partial charge in [-0.2, -0.15) is 0 Å². The van der Waals surface area contributed by atoms with Crippen LogP contribution in [0.25, 0.3) is 11.4 Å². The lowest BCUT2D eigenvalue weighted by molar-refractivity contribution is -0.118. The van der Waals surface area contributed by atoms with E-state index >= 15 is 0 Å². The Morgan fingerprint density at radius 1 is 1.18 bits per heavy atom. The molecule has 0 aliphatic carbocycles. The molecule has 0 aliphatic heterocycles. The Hall–Kier alpha value is -2.29. The second-order valence-electron chi connectivity index (χ2n) is 5.82. The minimum absolute atomic E-state index is 0.127. The quantitative estimate of drug-likeness (QED) is 0.434. The van der Waals surface area contributed by atoms with Crippen molar-refractivity contribution in [3.05, 3.63) is 63.9 Å². The zero-order valence-electron chi connectivity index (χ0n) is 14.5. The Labute approximate surface area is 175 Å². The summed E-state index contributed by atoms with van der Waals surface area (Å²) in [6.45, 7) is 0.448. The summed E-state index contributed by atoms with van der Waals surface area (Å²) < 4.78 is 14.1. The molecular formula is C18H16Cl2FN5OS. The summed E-state index contributed by atoms with van der Waals surface area (Å²) >= 11 is 13.3. The third kappa shape index (κ3) is 5.15. The van der Waals surface area contributed by atoms with E-state index in [2.05, 4.69) is 15.5 Å². The highest BCUT2D eigenvalue weighted by Crippen LogP contribution is 2.30. The Balaban J connectivity index is 1.53.